The van der Waals surface area contributed by atoms with E-state index >= 15 is 0 Å². The molecule has 1 aromatic carbocycles. The highest BCUT2D eigenvalue weighted by atomic mass is 32.1. The minimum Gasteiger partial charge on any atom is -0.393 e. The lowest BCUT2D eigenvalue weighted by atomic mass is 9.93. The number of carbonyl (C=O) groups excluding carboxylic acids is 1. The van der Waals surface area contributed by atoms with Crippen LogP contribution in [0.3, 0.4) is 0 Å². The Morgan fingerprint density at radius 2 is 1.88 bits per heavy atom. The number of anilines is 2. The molecular weight excluding hydrogens is 346 g/mol. The van der Waals surface area contributed by atoms with E-state index in [1.165, 1.54) is 16.1 Å². The van der Waals surface area contributed by atoms with Gasteiger partial charge in [-0.25, -0.2) is 4.79 Å². The lowest BCUT2D eigenvalue weighted by Gasteiger charge is -2.29. The van der Waals surface area contributed by atoms with Gasteiger partial charge < -0.3 is 20.6 Å². The van der Waals surface area contributed by atoms with Gasteiger partial charge in [-0.05, 0) is 73.4 Å². The molecule has 2 amide bonds. The van der Waals surface area contributed by atoms with Gasteiger partial charge in [-0.2, -0.15) is 0 Å². The first-order chi connectivity index (χ1) is 12.7. The number of aliphatic hydroxyl groups excluding tert-OH is 1. The number of rotatable bonds is 3. The highest BCUT2D eigenvalue weighted by Gasteiger charge is 2.21. The lowest BCUT2D eigenvalue weighted by molar-refractivity contribution is 0.118. The molecule has 26 heavy (non-hydrogen) atoms. The number of benzene rings is 1. The molecule has 3 N–H and O–H groups in total. The van der Waals surface area contributed by atoms with Crippen molar-refractivity contribution in [2.45, 2.75) is 50.8 Å². The van der Waals surface area contributed by atoms with Crippen LogP contribution in [0.5, 0.6) is 0 Å². The summed E-state index contributed by atoms with van der Waals surface area (Å²) in [6, 6.07) is 10.3. The van der Waals surface area contributed by atoms with Gasteiger partial charge in [0.25, 0.3) is 0 Å². The smallest absolute Gasteiger partial charge is 0.319 e. The van der Waals surface area contributed by atoms with E-state index in [1.807, 2.05) is 23.5 Å². The molecule has 1 aliphatic carbocycles. The first-order valence-corrected chi connectivity index (χ1v) is 10.2. The summed E-state index contributed by atoms with van der Waals surface area (Å²) >= 11 is 1.85. The van der Waals surface area contributed by atoms with Gasteiger partial charge in [0, 0.05) is 35.4 Å². The second kappa shape index (κ2) is 7.68. The minimum absolute atomic E-state index is 0.158. The molecule has 5 nitrogen and oxygen atoms in total. The zero-order valence-electron chi connectivity index (χ0n) is 14.8. The summed E-state index contributed by atoms with van der Waals surface area (Å²) in [4.78, 5) is 16.0. The van der Waals surface area contributed by atoms with E-state index in [1.54, 1.807) is 0 Å². The lowest BCUT2D eigenvalue weighted by Crippen LogP contribution is -2.40. The number of thiophene rings is 1. The Morgan fingerprint density at radius 3 is 2.65 bits per heavy atom. The van der Waals surface area contributed by atoms with Crippen LogP contribution in [-0.2, 0) is 13.0 Å². The van der Waals surface area contributed by atoms with E-state index in [2.05, 4.69) is 39.1 Å². The molecule has 2 heterocycles. The average Bonchev–Trinajstić information content (AvgIpc) is 3.12. The van der Waals surface area contributed by atoms with Crippen LogP contribution in [0.4, 0.5) is 16.2 Å². The van der Waals surface area contributed by atoms with Crippen molar-refractivity contribution in [3.63, 3.8) is 0 Å². The van der Waals surface area contributed by atoms with Crippen LogP contribution in [0, 0.1) is 0 Å². The molecule has 0 spiro atoms. The molecular formula is C20H25N3O2S. The average molecular weight is 372 g/mol. The highest BCUT2D eigenvalue weighted by Crippen LogP contribution is 2.28. The fraction of sp³-hybridized carbons (Fsp3) is 0.450. The second-order valence-electron chi connectivity index (χ2n) is 7.19. The van der Waals surface area contributed by atoms with E-state index in [0.717, 1.165) is 50.9 Å². The largest absolute Gasteiger partial charge is 0.393 e. The summed E-state index contributed by atoms with van der Waals surface area (Å²) in [6.07, 6.45) is 4.11. The number of urea groups is 1. The molecule has 0 atom stereocenters. The molecule has 1 aromatic heterocycles. The molecule has 1 aliphatic heterocycles. The van der Waals surface area contributed by atoms with E-state index in [-0.39, 0.29) is 18.2 Å². The zero-order valence-corrected chi connectivity index (χ0v) is 15.6. The number of fused-ring (bicyclic) bond motifs is 1. The molecule has 138 valence electrons. The fourth-order valence-electron chi connectivity index (χ4n) is 3.80. The van der Waals surface area contributed by atoms with Gasteiger partial charge in [-0.1, -0.05) is 0 Å². The molecule has 4 rings (SSSR count). The second-order valence-corrected chi connectivity index (χ2v) is 8.19. The molecule has 0 radical (unpaired) electrons. The van der Waals surface area contributed by atoms with Crippen LogP contribution in [0.1, 0.15) is 36.1 Å². The normalized spacial score (nSPS) is 22.6. The number of aliphatic hydroxyl groups is 1. The van der Waals surface area contributed by atoms with E-state index in [0.29, 0.717) is 0 Å². The van der Waals surface area contributed by atoms with Gasteiger partial charge in [0.1, 0.15) is 0 Å². The number of amides is 2. The third-order valence-corrected chi connectivity index (χ3v) is 6.35. The van der Waals surface area contributed by atoms with Crippen LogP contribution in [0.2, 0.25) is 0 Å². The quantitative estimate of drug-likeness (QED) is 0.770. The number of hydrogen-bond donors (Lipinski definition) is 3. The summed E-state index contributed by atoms with van der Waals surface area (Å²) < 4.78 is 0. The first-order valence-electron chi connectivity index (χ1n) is 9.33. The van der Waals surface area contributed by atoms with Crippen molar-refractivity contribution in [1.82, 2.24) is 5.32 Å². The van der Waals surface area contributed by atoms with Crippen molar-refractivity contribution >= 4 is 28.7 Å². The maximum Gasteiger partial charge on any atom is 0.319 e. The van der Waals surface area contributed by atoms with Gasteiger partial charge in [0.15, 0.2) is 0 Å². The van der Waals surface area contributed by atoms with Gasteiger partial charge in [0.2, 0.25) is 0 Å². The topological polar surface area (TPSA) is 64.6 Å². The molecule has 2 aliphatic rings. The Morgan fingerprint density at radius 1 is 1.12 bits per heavy atom. The molecule has 0 saturated heterocycles. The van der Waals surface area contributed by atoms with Crippen molar-refractivity contribution in [2.24, 2.45) is 0 Å². The van der Waals surface area contributed by atoms with E-state index in [9.17, 15) is 9.90 Å². The third-order valence-electron chi connectivity index (χ3n) is 5.33. The Bertz CT molecular complexity index is 751. The van der Waals surface area contributed by atoms with Gasteiger partial charge in [-0.3, -0.25) is 0 Å². The van der Waals surface area contributed by atoms with Crippen molar-refractivity contribution in [1.29, 1.82) is 0 Å². The maximum absolute atomic E-state index is 12.2. The predicted octanol–water partition coefficient (Wildman–Crippen LogP) is 3.74. The molecule has 0 unspecified atom stereocenters. The SMILES string of the molecule is O=C(Nc1ccc(N2CCc3sccc3C2)cc1)NC1CCC(O)CC1. The summed E-state index contributed by atoms with van der Waals surface area (Å²) in [5.74, 6) is 0. The van der Waals surface area contributed by atoms with Crippen molar-refractivity contribution in [2.75, 3.05) is 16.8 Å². The van der Waals surface area contributed by atoms with Crippen LogP contribution in [-0.4, -0.2) is 29.8 Å². The van der Waals surface area contributed by atoms with Crippen molar-refractivity contribution in [3.8, 4) is 0 Å². The Balaban J connectivity index is 1.31. The van der Waals surface area contributed by atoms with Gasteiger partial charge >= 0.3 is 6.03 Å². The summed E-state index contributed by atoms with van der Waals surface area (Å²) in [5, 5.41) is 17.6. The van der Waals surface area contributed by atoms with E-state index < -0.39 is 0 Å². The third kappa shape index (κ3) is 4.02. The number of hydrogen-bond acceptors (Lipinski definition) is 4. The summed E-state index contributed by atoms with van der Waals surface area (Å²) in [6.45, 7) is 1.99. The fourth-order valence-corrected chi connectivity index (χ4v) is 4.69. The molecule has 1 fully saturated rings. The molecule has 0 bridgehead atoms. The first kappa shape index (κ1) is 17.4. The van der Waals surface area contributed by atoms with Gasteiger partial charge in [-0.15, -0.1) is 11.3 Å². The minimum atomic E-state index is -0.205. The standard InChI is InChI=1S/C20H25N3O2S/c24-18-7-3-16(4-8-18)22-20(25)21-15-1-5-17(6-2-15)23-11-9-19-14(13-23)10-12-26-19/h1-2,5-6,10,12,16,18,24H,3-4,7-9,11,13H2,(H2,21,22,25). The van der Waals surface area contributed by atoms with Crippen LogP contribution in [0.15, 0.2) is 35.7 Å². The maximum atomic E-state index is 12.2. The van der Waals surface area contributed by atoms with Crippen LogP contribution < -0.4 is 15.5 Å². The molecule has 2 aromatic rings. The van der Waals surface area contributed by atoms with Crippen molar-refractivity contribution in [3.05, 3.63) is 46.2 Å². The van der Waals surface area contributed by atoms with Crippen molar-refractivity contribution < 1.29 is 9.90 Å². The molecule has 6 heteroatoms. The van der Waals surface area contributed by atoms with Crippen LogP contribution in [0.25, 0.3) is 0 Å². The highest BCUT2D eigenvalue weighted by molar-refractivity contribution is 7.10. The monoisotopic (exact) mass is 371 g/mol. The Labute approximate surface area is 158 Å². The van der Waals surface area contributed by atoms with Gasteiger partial charge in [0.05, 0.1) is 6.10 Å². The molecule has 1 saturated carbocycles. The number of carbonyl (C=O) groups is 1. The summed E-state index contributed by atoms with van der Waals surface area (Å²) in [7, 11) is 0. The number of nitrogens with zero attached hydrogens (tertiary/aromatic N) is 1. The number of nitrogens with one attached hydrogen (secondary N) is 2. The Kier molecular flexibility index (Phi) is 5.13. The predicted molar refractivity (Wildman–Crippen MR) is 106 cm³/mol. The van der Waals surface area contributed by atoms with Crippen LogP contribution >= 0.6 is 11.3 Å². The zero-order chi connectivity index (χ0) is 17.9. The van der Waals surface area contributed by atoms with E-state index in [4.69, 9.17) is 0 Å². The summed E-state index contributed by atoms with van der Waals surface area (Å²) in [5.41, 5.74) is 3.42. The Hall–Kier alpha value is -2.05.